The second kappa shape index (κ2) is 5.54. The molecule has 3 aromatic rings. The van der Waals surface area contributed by atoms with Crippen molar-refractivity contribution in [2.24, 2.45) is 0 Å². The van der Waals surface area contributed by atoms with E-state index in [1.54, 1.807) is 17.4 Å². The van der Waals surface area contributed by atoms with Gasteiger partial charge in [0.1, 0.15) is 5.69 Å². The van der Waals surface area contributed by atoms with Gasteiger partial charge in [-0.1, -0.05) is 22.3 Å². The Labute approximate surface area is 126 Å². The van der Waals surface area contributed by atoms with Gasteiger partial charge in [-0.3, -0.25) is 10.1 Å². The van der Waals surface area contributed by atoms with Crippen molar-refractivity contribution in [1.29, 1.82) is 0 Å². The molecule has 0 aliphatic carbocycles. The van der Waals surface area contributed by atoms with E-state index in [-0.39, 0.29) is 5.91 Å². The van der Waals surface area contributed by atoms with Gasteiger partial charge >= 0.3 is 0 Å². The molecule has 0 radical (unpaired) electrons. The third kappa shape index (κ3) is 3.03. The first-order valence-electron chi connectivity index (χ1n) is 6.51. The highest BCUT2D eigenvalue weighted by atomic mass is 32.1. The number of hydrogen-bond acceptors (Lipinski definition) is 4. The largest absolute Gasteiger partial charge is 0.338 e. The van der Waals surface area contributed by atoms with Crippen molar-refractivity contribution >= 4 is 23.1 Å². The van der Waals surface area contributed by atoms with Crippen LogP contribution in [0.5, 0.6) is 0 Å². The third-order valence-electron chi connectivity index (χ3n) is 3.05. The molecular weight excluding hydrogens is 284 g/mol. The van der Waals surface area contributed by atoms with Gasteiger partial charge in [-0.2, -0.15) is 11.3 Å². The summed E-state index contributed by atoms with van der Waals surface area (Å²) in [6.45, 7) is 3.93. The predicted octanol–water partition coefficient (Wildman–Crippen LogP) is 4.27. The molecule has 3 rings (SSSR count). The topological polar surface area (TPSA) is 55.1 Å². The minimum atomic E-state index is -0.199. The maximum atomic E-state index is 12.2. The first-order valence-corrected chi connectivity index (χ1v) is 7.45. The molecule has 1 amide bonds. The van der Waals surface area contributed by atoms with Crippen LogP contribution < -0.4 is 5.32 Å². The van der Waals surface area contributed by atoms with E-state index in [0.29, 0.717) is 17.1 Å². The lowest BCUT2D eigenvalue weighted by Gasteiger charge is -2.04. The van der Waals surface area contributed by atoms with E-state index in [2.05, 4.69) is 10.5 Å². The van der Waals surface area contributed by atoms with E-state index in [4.69, 9.17) is 4.52 Å². The first kappa shape index (κ1) is 13.6. The lowest BCUT2D eigenvalue weighted by molar-refractivity contribution is 0.102. The van der Waals surface area contributed by atoms with Gasteiger partial charge in [0.15, 0.2) is 0 Å². The number of aryl methyl sites for hydroxylation is 2. The normalized spacial score (nSPS) is 10.6. The fourth-order valence-electron chi connectivity index (χ4n) is 2.17. The zero-order chi connectivity index (χ0) is 14.8. The molecule has 0 saturated carbocycles. The number of carbonyl (C=O) groups excluding carboxylic acids is 1. The molecule has 0 saturated heterocycles. The van der Waals surface area contributed by atoms with E-state index in [9.17, 15) is 4.79 Å². The smallest absolute Gasteiger partial charge is 0.258 e. The van der Waals surface area contributed by atoms with Crippen LogP contribution in [-0.4, -0.2) is 11.1 Å². The number of hydrogen-bond donors (Lipinski definition) is 1. The van der Waals surface area contributed by atoms with Crippen LogP contribution in [0.3, 0.4) is 0 Å². The Hall–Kier alpha value is -2.40. The summed E-state index contributed by atoms with van der Waals surface area (Å²) in [5, 5.41) is 10.6. The maximum Gasteiger partial charge on any atom is 0.258 e. The molecule has 5 heteroatoms. The number of benzene rings is 1. The van der Waals surface area contributed by atoms with E-state index in [0.717, 1.165) is 16.7 Å². The fraction of sp³-hybridized carbons (Fsp3) is 0.125. The lowest BCUT2D eigenvalue weighted by atomic mass is 10.1. The molecule has 1 aromatic carbocycles. The standard InChI is InChI=1S/C16H14N2O2S/c1-10-5-11(2)7-13(6-10)16(19)17-15-8-14(18-20-15)12-3-4-21-9-12/h3-9H,1-2H3,(H,17,19). The monoisotopic (exact) mass is 298 g/mol. The Morgan fingerprint density at radius 1 is 1.19 bits per heavy atom. The third-order valence-corrected chi connectivity index (χ3v) is 3.73. The van der Waals surface area contributed by atoms with Gasteiger partial charge in [-0.25, -0.2) is 0 Å². The second-order valence-corrected chi connectivity index (χ2v) is 5.70. The number of rotatable bonds is 3. The van der Waals surface area contributed by atoms with Gasteiger partial charge in [0.25, 0.3) is 5.91 Å². The highest BCUT2D eigenvalue weighted by molar-refractivity contribution is 7.08. The Balaban J connectivity index is 1.79. The minimum Gasteiger partial charge on any atom is -0.338 e. The highest BCUT2D eigenvalue weighted by Crippen LogP contribution is 2.24. The Morgan fingerprint density at radius 3 is 2.62 bits per heavy atom. The zero-order valence-corrected chi connectivity index (χ0v) is 12.5. The molecule has 0 atom stereocenters. The number of amides is 1. The van der Waals surface area contributed by atoms with Crippen molar-refractivity contribution < 1.29 is 9.32 Å². The molecule has 0 unspecified atom stereocenters. The van der Waals surface area contributed by atoms with Crippen LogP contribution in [0.1, 0.15) is 21.5 Å². The summed E-state index contributed by atoms with van der Waals surface area (Å²) in [5.74, 6) is 0.148. The average molecular weight is 298 g/mol. The van der Waals surface area contributed by atoms with Crippen molar-refractivity contribution in [2.45, 2.75) is 13.8 Å². The molecule has 0 aliphatic heterocycles. The van der Waals surface area contributed by atoms with Crippen LogP contribution in [0.25, 0.3) is 11.3 Å². The summed E-state index contributed by atoms with van der Waals surface area (Å²) in [4.78, 5) is 12.2. The second-order valence-electron chi connectivity index (χ2n) is 4.92. The Bertz CT molecular complexity index is 755. The number of aromatic nitrogens is 1. The summed E-state index contributed by atoms with van der Waals surface area (Å²) in [5.41, 5.74) is 4.41. The zero-order valence-electron chi connectivity index (χ0n) is 11.7. The van der Waals surface area contributed by atoms with Crippen LogP contribution in [-0.2, 0) is 0 Å². The molecule has 0 aliphatic rings. The van der Waals surface area contributed by atoms with E-state index < -0.39 is 0 Å². The maximum absolute atomic E-state index is 12.2. The number of nitrogens with zero attached hydrogens (tertiary/aromatic N) is 1. The molecule has 106 valence electrons. The van der Waals surface area contributed by atoms with Crippen molar-refractivity contribution in [3.05, 3.63) is 57.8 Å². The van der Waals surface area contributed by atoms with Crippen molar-refractivity contribution in [2.75, 3.05) is 5.32 Å². The lowest BCUT2D eigenvalue weighted by Crippen LogP contribution is -2.11. The average Bonchev–Trinajstić information content (AvgIpc) is 3.07. The number of anilines is 1. The van der Waals surface area contributed by atoms with Gasteiger partial charge in [0.2, 0.25) is 5.88 Å². The van der Waals surface area contributed by atoms with Gasteiger partial charge in [0, 0.05) is 22.6 Å². The van der Waals surface area contributed by atoms with Gasteiger partial charge in [0.05, 0.1) is 0 Å². The van der Waals surface area contributed by atoms with Crippen LogP contribution in [0, 0.1) is 13.8 Å². The number of carbonyl (C=O) groups is 1. The molecule has 0 spiro atoms. The van der Waals surface area contributed by atoms with Crippen LogP contribution in [0.4, 0.5) is 5.88 Å². The summed E-state index contributed by atoms with van der Waals surface area (Å²) >= 11 is 1.59. The van der Waals surface area contributed by atoms with E-state index in [1.807, 2.05) is 48.9 Å². The summed E-state index contributed by atoms with van der Waals surface area (Å²) in [7, 11) is 0. The van der Waals surface area contributed by atoms with E-state index >= 15 is 0 Å². The molecule has 2 heterocycles. The van der Waals surface area contributed by atoms with Crippen molar-refractivity contribution in [3.8, 4) is 11.3 Å². The molecule has 21 heavy (non-hydrogen) atoms. The predicted molar refractivity (Wildman–Crippen MR) is 83.7 cm³/mol. The van der Waals surface area contributed by atoms with Crippen LogP contribution in [0.15, 0.2) is 45.6 Å². The van der Waals surface area contributed by atoms with Crippen molar-refractivity contribution in [1.82, 2.24) is 5.16 Å². The van der Waals surface area contributed by atoms with E-state index in [1.165, 1.54) is 0 Å². The Kier molecular flexibility index (Phi) is 3.58. The molecule has 4 nitrogen and oxygen atoms in total. The molecule has 0 fully saturated rings. The number of nitrogens with one attached hydrogen (secondary N) is 1. The SMILES string of the molecule is Cc1cc(C)cc(C(=O)Nc2cc(-c3ccsc3)no2)c1. The van der Waals surface area contributed by atoms with Gasteiger partial charge in [-0.15, -0.1) is 0 Å². The number of thiophene rings is 1. The Morgan fingerprint density at radius 2 is 1.95 bits per heavy atom. The summed E-state index contributed by atoms with van der Waals surface area (Å²) in [6.07, 6.45) is 0. The fourth-order valence-corrected chi connectivity index (χ4v) is 2.82. The molecular formula is C16H14N2O2S. The van der Waals surface area contributed by atoms with Gasteiger partial charge in [-0.05, 0) is 37.4 Å². The molecule has 0 bridgehead atoms. The summed E-state index contributed by atoms with van der Waals surface area (Å²) < 4.78 is 5.16. The van der Waals surface area contributed by atoms with Gasteiger partial charge < -0.3 is 4.52 Å². The minimum absolute atomic E-state index is 0.199. The van der Waals surface area contributed by atoms with Crippen LogP contribution >= 0.6 is 11.3 Å². The molecule has 1 N–H and O–H groups in total. The van der Waals surface area contributed by atoms with Crippen molar-refractivity contribution in [3.63, 3.8) is 0 Å². The quantitative estimate of drug-likeness (QED) is 0.785. The molecule has 2 aromatic heterocycles. The van der Waals surface area contributed by atoms with Crippen LogP contribution in [0.2, 0.25) is 0 Å². The first-order chi connectivity index (χ1) is 10.1. The summed E-state index contributed by atoms with van der Waals surface area (Å²) in [6, 6.07) is 9.40. The highest BCUT2D eigenvalue weighted by Gasteiger charge is 2.12.